The monoisotopic (exact) mass is 360 g/mol. The Bertz CT molecular complexity index is 700. The first-order valence-electron chi connectivity index (χ1n) is 8.42. The Balaban J connectivity index is 1.76. The van der Waals surface area contributed by atoms with Crippen molar-refractivity contribution < 1.29 is 9.53 Å². The van der Waals surface area contributed by atoms with E-state index in [4.69, 9.17) is 10.5 Å². The van der Waals surface area contributed by atoms with Crippen LogP contribution in [0.4, 0.5) is 5.13 Å². The van der Waals surface area contributed by atoms with E-state index in [2.05, 4.69) is 22.4 Å². The fourth-order valence-electron chi connectivity index (χ4n) is 2.19. The van der Waals surface area contributed by atoms with Gasteiger partial charge in [-0.05, 0) is 24.1 Å². The van der Waals surface area contributed by atoms with Crippen LogP contribution >= 0.6 is 11.3 Å². The first-order chi connectivity index (χ1) is 12.2. The summed E-state index contributed by atoms with van der Waals surface area (Å²) >= 11 is 1.31. The second-order valence-electron chi connectivity index (χ2n) is 5.63. The number of benzene rings is 1. The Morgan fingerprint density at radius 3 is 3.04 bits per heavy atom. The van der Waals surface area contributed by atoms with Crippen LogP contribution in [0, 0.1) is 0 Å². The predicted octanol–water partition coefficient (Wildman–Crippen LogP) is 3.38. The van der Waals surface area contributed by atoms with Gasteiger partial charge in [0, 0.05) is 5.38 Å². The van der Waals surface area contributed by atoms with Gasteiger partial charge in [-0.2, -0.15) is 5.10 Å². The number of unbranched alkanes of at least 4 members (excludes halogenated alkanes) is 3. The van der Waals surface area contributed by atoms with Gasteiger partial charge in [0.05, 0.1) is 24.9 Å². The molecule has 1 aromatic heterocycles. The highest BCUT2D eigenvalue weighted by Gasteiger charge is 2.05. The number of amides is 1. The standard InChI is InChI=1S/C18H24N4O2S/c1-2-3-4-5-9-24-16-8-6-7-14(10-16)12-20-22-17(23)11-15-13-25-18(19)21-15/h6-8,10,12-13H,2-5,9,11H2,1H3,(H2,19,21)(H,22,23)/b20-12+. The maximum atomic E-state index is 11.8. The Kier molecular flexibility index (Phi) is 7.91. The first kappa shape index (κ1) is 18.9. The van der Waals surface area contributed by atoms with E-state index in [0.29, 0.717) is 17.4 Å². The molecular formula is C18H24N4O2S. The number of hydrogen-bond acceptors (Lipinski definition) is 6. The zero-order chi connectivity index (χ0) is 17.9. The number of anilines is 1. The SMILES string of the molecule is CCCCCCOc1cccc(/C=N/NC(=O)Cc2csc(N)n2)c1. The van der Waals surface area contributed by atoms with Crippen LogP contribution < -0.4 is 15.9 Å². The molecular weight excluding hydrogens is 336 g/mol. The number of thiazole rings is 1. The van der Waals surface area contributed by atoms with Crippen LogP contribution in [0.5, 0.6) is 5.75 Å². The largest absolute Gasteiger partial charge is 0.494 e. The summed E-state index contributed by atoms with van der Waals surface area (Å²) in [6.45, 7) is 2.91. The van der Waals surface area contributed by atoms with Crippen molar-refractivity contribution in [3.8, 4) is 5.75 Å². The number of carbonyl (C=O) groups is 1. The van der Waals surface area contributed by atoms with Crippen molar-refractivity contribution in [2.24, 2.45) is 5.10 Å². The number of nitrogens with two attached hydrogens (primary N) is 1. The molecule has 0 saturated heterocycles. The summed E-state index contributed by atoms with van der Waals surface area (Å²) in [5.41, 5.74) is 9.54. The fraction of sp³-hybridized carbons (Fsp3) is 0.389. The molecule has 0 spiro atoms. The second-order valence-corrected chi connectivity index (χ2v) is 6.52. The Labute approximate surface area is 152 Å². The predicted molar refractivity (Wildman–Crippen MR) is 102 cm³/mol. The van der Waals surface area contributed by atoms with Gasteiger partial charge >= 0.3 is 0 Å². The van der Waals surface area contributed by atoms with Gasteiger partial charge in [0.1, 0.15) is 5.75 Å². The Hall–Kier alpha value is -2.41. The van der Waals surface area contributed by atoms with Crippen molar-refractivity contribution in [3.63, 3.8) is 0 Å². The summed E-state index contributed by atoms with van der Waals surface area (Å²) in [7, 11) is 0. The minimum Gasteiger partial charge on any atom is -0.494 e. The number of nitrogens with zero attached hydrogens (tertiary/aromatic N) is 2. The molecule has 0 atom stereocenters. The van der Waals surface area contributed by atoms with Crippen LogP contribution in [0.1, 0.15) is 43.9 Å². The van der Waals surface area contributed by atoms with E-state index < -0.39 is 0 Å². The lowest BCUT2D eigenvalue weighted by atomic mass is 10.2. The lowest BCUT2D eigenvalue weighted by molar-refractivity contribution is -0.120. The van der Waals surface area contributed by atoms with Crippen molar-refractivity contribution in [1.82, 2.24) is 10.4 Å². The van der Waals surface area contributed by atoms with Gasteiger partial charge in [0.15, 0.2) is 5.13 Å². The average Bonchev–Trinajstić information content (AvgIpc) is 3.00. The molecule has 7 heteroatoms. The van der Waals surface area contributed by atoms with E-state index in [9.17, 15) is 4.79 Å². The first-order valence-corrected chi connectivity index (χ1v) is 9.30. The van der Waals surface area contributed by atoms with Gasteiger partial charge < -0.3 is 10.5 Å². The quantitative estimate of drug-likeness (QED) is 0.386. The van der Waals surface area contributed by atoms with E-state index >= 15 is 0 Å². The van der Waals surface area contributed by atoms with Crippen LogP contribution in [0.2, 0.25) is 0 Å². The van der Waals surface area contributed by atoms with E-state index in [-0.39, 0.29) is 12.3 Å². The molecule has 3 N–H and O–H groups in total. The lowest BCUT2D eigenvalue weighted by Gasteiger charge is -2.06. The van der Waals surface area contributed by atoms with E-state index in [1.54, 1.807) is 11.6 Å². The number of hydrazone groups is 1. The molecule has 134 valence electrons. The van der Waals surface area contributed by atoms with Gasteiger partial charge in [-0.15, -0.1) is 11.3 Å². The summed E-state index contributed by atoms with van der Waals surface area (Å²) in [6, 6.07) is 7.63. The number of hydrogen-bond donors (Lipinski definition) is 2. The molecule has 1 aromatic carbocycles. The molecule has 0 unspecified atom stereocenters. The lowest BCUT2D eigenvalue weighted by Crippen LogP contribution is -2.19. The summed E-state index contributed by atoms with van der Waals surface area (Å²) in [6.07, 6.45) is 6.46. The molecule has 6 nitrogen and oxygen atoms in total. The molecule has 0 saturated carbocycles. The topological polar surface area (TPSA) is 89.6 Å². The van der Waals surface area contributed by atoms with Crippen molar-refractivity contribution in [2.75, 3.05) is 12.3 Å². The zero-order valence-corrected chi connectivity index (χ0v) is 15.2. The molecule has 0 fully saturated rings. The van der Waals surface area contributed by atoms with Crippen LogP contribution in [-0.4, -0.2) is 23.7 Å². The zero-order valence-electron chi connectivity index (χ0n) is 14.4. The maximum Gasteiger partial charge on any atom is 0.246 e. The number of nitrogen functional groups attached to an aromatic ring is 1. The minimum absolute atomic E-state index is 0.159. The number of nitrogens with one attached hydrogen (secondary N) is 1. The fourth-order valence-corrected chi connectivity index (χ4v) is 2.75. The molecule has 1 amide bonds. The van der Waals surface area contributed by atoms with E-state index in [0.717, 1.165) is 17.7 Å². The van der Waals surface area contributed by atoms with Gasteiger partial charge in [-0.1, -0.05) is 38.3 Å². The Morgan fingerprint density at radius 2 is 2.28 bits per heavy atom. The molecule has 0 aliphatic heterocycles. The number of carbonyl (C=O) groups excluding carboxylic acids is 1. The maximum absolute atomic E-state index is 11.8. The number of rotatable bonds is 10. The average molecular weight is 360 g/mol. The van der Waals surface area contributed by atoms with Crippen LogP contribution in [0.15, 0.2) is 34.7 Å². The van der Waals surface area contributed by atoms with Gasteiger partial charge in [-0.3, -0.25) is 4.79 Å². The summed E-state index contributed by atoms with van der Waals surface area (Å²) < 4.78 is 5.73. The summed E-state index contributed by atoms with van der Waals surface area (Å²) in [5.74, 6) is 0.578. The highest BCUT2D eigenvalue weighted by atomic mass is 32.1. The molecule has 0 radical (unpaired) electrons. The highest BCUT2D eigenvalue weighted by Crippen LogP contribution is 2.13. The molecule has 0 aliphatic rings. The van der Waals surface area contributed by atoms with Gasteiger partial charge in [0.2, 0.25) is 5.91 Å². The van der Waals surface area contributed by atoms with Crippen LogP contribution in [-0.2, 0) is 11.2 Å². The second kappa shape index (κ2) is 10.5. The summed E-state index contributed by atoms with van der Waals surface area (Å²) in [4.78, 5) is 15.8. The smallest absolute Gasteiger partial charge is 0.246 e. The van der Waals surface area contributed by atoms with Crippen molar-refractivity contribution in [3.05, 3.63) is 40.9 Å². The minimum atomic E-state index is -0.232. The van der Waals surface area contributed by atoms with Crippen molar-refractivity contribution >= 4 is 28.6 Å². The molecule has 2 aromatic rings. The van der Waals surface area contributed by atoms with E-state index in [1.165, 1.54) is 30.6 Å². The molecule has 1 heterocycles. The van der Waals surface area contributed by atoms with Crippen LogP contribution in [0.3, 0.4) is 0 Å². The Morgan fingerprint density at radius 1 is 1.40 bits per heavy atom. The van der Waals surface area contributed by atoms with Gasteiger partial charge in [-0.25, -0.2) is 10.4 Å². The molecule has 0 bridgehead atoms. The van der Waals surface area contributed by atoms with Crippen molar-refractivity contribution in [1.29, 1.82) is 0 Å². The summed E-state index contributed by atoms with van der Waals surface area (Å²) in [5, 5.41) is 6.19. The molecule has 2 rings (SSSR count). The third-order valence-corrected chi connectivity index (χ3v) is 4.16. The van der Waals surface area contributed by atoms with Gasteiger partial charge in [0.25, 0.3) is 0 Å². The molecule has 25 heavy (non-hydrogen) atoms. The third kappa shape index (κ3) is 7.34. The number of aromatic nitrogens is 1. The molecule has 0 aliphatic carbocycles. The number of ether oxygens (including phenoxy) is 1. The normalized spacial score (nSPS) is 10.9. The van der Waals surface area contributed by atoms with Crippen LogP contribution in [0.25, 0.3) is 0 Å². The van der Waals surface area contributed by atoms with E-state index in [1.807, 2.05) is 24.3 Å². The highest BCUT2D eigenvalue weighted by molar-refractivity contribution is 7.13. The third-order valence-electron chi connectivity index (χ3n) is 3.44. The van der Waals surface area contributed by atoms with Crippen molar-refractivity contribution in [2.45, 2.75) is 39.0 Å².